The number of rotatable bonds is 3. The Balaban J connectivity index is 2.20. The minimum Gasteiger partial charge on any atom is -0.614 e. The van der Waals surface area contributed by atoms with Crippen LogP contribution in [-0.2, 0) is 11.2 Å². The minimum atomic E-state index is -0.830. The Morgan fingerprint density at radius 1 is 1.46 bits per heavy atom. The molecule has 1 aliphatic carbocycles. The van der Waals surface area contributed by atoms with Gasteiger partial charge in [-0.25, -0.2) is 4.99 Å². The van der Waals surface area contributed by atoms with Gasteiger partial charge in [-0.1, -0.05) is 6.42 Å². The molecule has 13 heavy (non-hydrogen) atoms. The molecule has 0 amide bonds. The van der Waals surface area contributed by atoms with Crippen LogP contribution in [0.1, 0.15) is 40.0 Å². The van der Waals surface area contributed by atoms with Crippen molar-refractivity contribution in [2.45, 2.75) is 44.8 Å². The van der Waals surface area contributed by atoms with E-state index in [4.69, 9.17) is 0 Å². The van der Waals surface area contributed by atoms with Crippen molar-refractivity contribution in [3.8, 4) is 0 Å². The molecule has 3 heteroatoms. The largest absolute Gasteiger partial charge is 0.614 e. The summed E-state index contributed by atoms with van der Waals surface area (Å²) < 4.78 is 11.4. The lowest BCUT2D eigenvalue weighted by Crippen LogP contribution is -2.30. The molecule has 0 N–H and O–H groups in total. The SMILES string of the molecule is CC(C)(C)[S@+]([O-])C/N=C/C1CCC1. The molecule has 2 nitrogen and oxygen atoms in total. The van der Waals surface area contributed by atoms with E-state index in [0.717, 1.165) is 0 Å². The van der Waals surface area contributed by atoms with Crippen molar-refractivity contribution in [3.63, 3.8) is 0 Å². The summed E-state index contributed by atoms with van der Waals surface area (Å²) in [5.74, 6) is 1.15. The maximum absolute atomic E-state index is 11.5. The second kappa shape index (κ2) is 4.47. The molecule has 76 valence electrons. The molecule has 0 aromatic rings. The molecule has 0 bridgehead atoms. The van der Waals surface area contributed by atoms with Crippen LogP contribution in [0.15, 0.2) is 4.99 Å². The van der Waals surface area contributed by atoms with E-state index in [1.165, 1.54) is 19.3 Å². The lowest BCUT2D eigenvalue weighted by molar-refractivity contribution is 0.420. The fourth-order valence-corrected chi connectivity index (χ4v) is 1.65. The van der Waals surface area contributed by atoms with Crippen molar-refractivity contribution in [3.05, 3.63) is 0 Å². The summed E-state index contributed by atoms with van der Waals surface area (Å²) in [5, 5.41) is 0. The van der Waals surface area contributed by atoms with E-state index in [1.54, 1.807) is 0 Å². The second-order valence-corrected chi connectivity index (χ2v) is 6.78. The van der Waals surface area contributed by atoms with Gasteiger partial charge < -0.3 is 4.55 Å². The Hall–Kier alpha value is -0.0200. The van der Waals surface area contributed by atoms with Gasteiger partial charge in [0.1, 0.15) is 4.75 Å². The highest BCUT2D eigenvalue weighted by Gasteiger charge is 2.25. The third-order valence-corrected chi connectivity index (χ3v) is 4.09. The standard InChI is InChI=1S/C10H19NOS/c1-10(2,3)13(12)8-11-7-9-5-4-6-9/h7,9H,4-6,8H2,1-3H3/b11-7+/t13-/m1/s1. The predicted molar refractivity (Wildman–Crippen MR) is 58.6 cm³/mol. The van der Waals surface area contributed by atoms with Crippen molar-refractivity contribution in [1.82, 2.24) is 0 Å². The van der Waals surface area contributed by atoms with Gasteiger partial charge in [0.05, 0.1) is 0 Å². The first-order valence-electron chi connectivity index (χ1n) is 4.88. The van der Waals surface area contributed by atoms with E-state index in [1.807, 2.05) is 27.0 Å². The molecule has 0 heterocycles. The highest BCUT2D eigenvalue weighted by atomic mass is 32.2. The zero-order valence-electron chi connectivity index (χ0n) is 8.75. The van der Waals surface area contributed by atoms with Gasteiger partial charge >= 0.3 is 0 Å². The molecule has 1 aliphatic rings. The molecular weight excluding hydrogens is 182 g/mol. The third kappa shape index (κ3) is 3.69. The first-order chi connectivity index (χ1) is 6.00. The van der Waals surface area contributed by atoms with Gasteiger partial charge in [0.15, 0.2) is 5.88 Å². The second-order valence-electron chi connectivity index (χ2n) is 4.61. The molecule has 0 saturated heterocycles. The van der Waals surface area contributed by atoms with Crippen molar-refractivity contribution in [1.29, 1.82) is 0 Å². The van der Waals surface area contributed by atoms with Crippen LogP contribution in [0, 0.1) is 5.92 Å². The maximum atomic E-state index is 11.5. The zero-order chi connectivity index (χ0) is 9.90. The van der Waals surface area contributed by atoms with Crippen LogP contribution in [0.3, 0.4) is 0 Å². The van der Waals surface area contributed by atoms with E-state index in [0.29, 0.717) is 11.8 Å². The van der Waals surface area contributed by atoms with Gasteiger partial charge in [-0.3, -0.25) is 0 Å². The lowest BCUT2D eigenvalue weighted by atomic mass is 9.87. The van der Waals surface area contributed by atoms with Crippen molar-refractivity contribution < 1.29 is 4.55 Å². The molecule has 0 aromatic heterocycles. The first-order valence-corrected chi connectivity index (χ1v) is 6.20. The van der Waals surface area contributed by atoms with Gasteiger partial charge in [-0.15, -0.1) is 0 Å². The number of aliphatic imine (C=N–C) groups is 1. The summed E-state index contributed by atoms with van der Waals surface area (Å²) in [4.78, 5) is 4.23. The summed E-state index contributed by atoms with van der Waals surface area (Å²) in [6, 6.07) is 0. The van der Waals surface area contributed by atoms with Crippen molar-refractivity contribution in [2.75, 3.05) is 5.88 Å². The van der Waals surface area contributed by atoms with Crippen molar-refractivity contribution >= 4 is 17.4 Å². The monoisotopic (exact) mass is 201 g/mol. The van der Waals surface area contributed by atoms with Crippen LogP contribution in [0.25, 0.3) is 0 Å². The van der Waals surface area contributed by atoms with E-state index < -0.39 is 11.2 Å². The van der Waals surface area contributed by atoms with E-state index >= 15 is 0 Å². The van der Waals surface area contributed by atoms with Crippen molar-refractivity contribution in [2.24, 2.45) is 10.9 Å². The van der Waals surface area contributed by atoms with Gasteiger partial charge in [0.25, 0.3) is 0 Å². The molecule has 0 radical (unpaired) electrons. The number of hydrogen-bond donors (Lipinski definition) is 0. The zero-order valence-corrected chi connectivity index (χ0v) is 9.56. The Morgan fingerprint density at radius 2 is 2.08 bits per heavy atom. The fourth-order valence-electron chi connectivity index (χ4n) is 1.04. The van der Waals surface area contributed by atoms with Gasteiger partial charge in [0, 0.05) is 6.21 Å². The Labute approximate surface area is 84.0 Å². The van der Waals surface area contributed by atoms with Gasteiger partial charge in [-0.05, 0) is 50.7 Å². The quantitative estimate of drug-likeness (QED) is 0.510. The summed E-state index contributed by atoms with van der Waals surface area (Å²) >= 11 is -0.830. The fraction of sp³-hybridized carbons (Fsp3) is 0.900. The summed E-state index contributed by atoms with van der Waals surface area (Å²) in [6.45, 7) is 5.96. The van der Waals surface area contributed by atoms with E-state index in [2.05, 4.69) is 4.99 Å². The van der Waals surface area contributed by atoms with Crippen LogP contribution < -0.4 is 0 Å². The topological polar surface area (TPSA) is 35.4 Å². The van der Waals surface area contributed by atoms with Gasteiger partial charge in [-0.2, -0.15) is 0 Å². The van der Waals surface area contributed by atoms with Gasteiger partial charge in [0.2, 0.25) is 0 Å². The maximum Gasteiger partial charge on any atom is 0.195 e. The molecule has 1 fully saturated rings. The molecule has 1 saturated carbocycles. The summed E-state index contributed by atoms with van der Waals surface area (Å²) in [6.07, 6.45) is 5.86. The Morgan fingerprint density at radius 3 is 2.46 bits per heavy atom. The molecule has 1 atom stereocenters. The summed E-state index contributed by atoms with van der Waals surface area (Å²) in [5.41, 5.74) is 0. The number of nitrogens with zero attached hydrogens (tertiary/aromatic N) is 1. The highest BCUT2D eigenvalue weighted by Crippen LogP contribution is 2.24. The van der Waals surface area contributed by atoms with E-state index in [9.17, 15) is 4.55 Å². The molecule has 0 spiro atoms. The van der Waals surface area contributed by atoms with Crippen LogP contribution >= 0.6 is 0 Å². The summed E-state index contributed by atoms with van der Waals surface area (Å²) in [7, 11) is 0. The Kier molecular flexibility index (Phi) is 3.80. The average molecular weight is 201 g/mol. The third-order valence-electron chi connectivity index (χ3n) is 2.34. The Bertz CT molecular complexity index is 182. The molecule has 0 unspecified atom stereocenters. The minimum absolute atomic E-state index is 0.128. The lowest BCUT2D eigenvalue weighted by Gasteiger charge is -2.24. The van der Waals surface area contributed by atoms with Crippen LogP contribution in [-0.4, -0.2) is 21.4 Å². The predicted octanol–water partition coefficient (Wildman–Crippen LogP) is 2.36. The van der Waals surface area contributed by atoms with E-state index in [-0.39, 0.29) is 4.75 Å². The van der Waals surface area contributed by atoms with Crippen LogP contribution in [0.5, 0.6) is 0 Å². The number of hydrogen-bond acceptors (Lipinski definition) is 2. The smallest absolute Gasteiger partial charge is 0.195 e. The molecule has 0 aliphatic heterocycles. The molecular formula is C10H19NOS. The average Bonchev–Trinajstić information content (AvgIpc) is 1.91. The van der Waals surface area contributed by atoms with Crippen LogP contribution in [0.4, 0.5) is 0 Å². The molecule has 1 rings (SSSR count). The first kappa shape index (κ1) is 11.1. The van der Waals surface area contributed by atoms with Crippen LogP contribution in [0.2, 0.25) is 0 Å². The highest BCUT2D eigenvalue weighted by molar-refractivity contribution is 7.92. The normalized spacial score (nSPS) is 21.8. The molecule has 0 aromatic carbocycles.